The fraction of sp³-hybridized carbons (Fsp3) is 0.118. The van der Waals surface area contributed by atoms with Crippen molar-refractivity contribution < 1.29 is 19.4 Å². The van der Waals surface area contributed by atoms with Gasteiger partial charge < -0.3 is 15.6 Å². The fourth-order valence-electron chi connectivity index (χ4n) is 1.88. The van der Waals surface area contributed by atoms with Gasteiger partial charge in [0.05, 0.1) is 11.3 Å². The predicted molar refractivity (Wildman–Crippen MR) is 86.5 cm³/mol. The van der Waals surface area contributed by atoms with Crippen molar-refractivity contribution in [2.24, 2.45) is 10.7 Å². The van der Waals surface area contributed by atoms with Crippen molar-refractivity contribution in [2.75, 3.05) is 6.61 Å². The van der Waals surface area contributed by atoms with Crippen LogP contribution >= 0.6 is 0 Å². The summed E-state index contributed by atoms with van der Waals surface area (Å²) in [6.07, 6.45) is 1.67. The van der Waals surface area contributed by atoms with Crippen molar-refractivity contribution in [3.05, 3.63) is 59.2 Å². The Labute approximate surface area is 133 Å². The Hall–Kier alpha value is -3.15. The number of hydrogen-bond donors (Lipinski definition) is 2. The molecule has 0 aromatic heterocycles. The van der Waals surface area contributed by atoms with Gasteiger partial charge >= 0.3 is 5.97 Å². The number of rotatable bonds is 6. The summed E-state index contributed by atoms with van der Waals surface area (Å²) in [5.74, 6) is -0.950. The van der Waals surface area contributed by atoms with Gasteiger partial charge in [-0.05, 0) is 60.5 Å². The summed E-state index contributed by atoms with van der Waals surface area (Å²) in [6, 6.07) is 11.8. The average molecular weight is 312 g/mol. The smallest absolute Gasteiger partial charge is 0.335 e. The van der Waals surface area contributed by atoms with Gasteiger partial charge in [0.25, 0.3) is 5.91 Å². The van der Waals surface area contributed by atoms with Gasteiger partial charge in [-0.15, -0.1) is 0 Å². The number of aromatic carboxylic acids is 1. The topological polar surface area (TPSA) is 102 Å². The highest BCUT2D eigenvalue weighted by atomic mass is 16.5. The molecule has 6 nitrogen and oxygen atoms in total. The standard InChI is InChI=1S/C17H16N2O4/c1-11-8-13(17(21)22)4-7-15(11)19-9-12-2-5-14(6-3-12)23-10-16(18)20/h2-9H,10H2,1H3,(H2,18,20)(H,21,22). The number of ether oxygens (including phenoxy) is 1. The maximum atomic E-state index is 10.9. The van der Waals surface area contributed by atoms with Crippen LogP contribution in [-0.4, -0.2) is 29.8 Å². The van der Waals surface area contributed by atoms with Gasteiger partial charge in [0.2, 0.25) is 0 Å². The summed E-state index contributed by atoms with van der Waals surface area (Å²) in [5, 5.41) is 8.93. The third kappa shape index (κ3) is 4.67. The molecule has 0 aliphatic rings. The van der Waals surface area contributed by atoms with Gasteiger partial charge in [0.15, 0.2) is 6.61 Å². The van der Waals surface area contributed by atoms with Crippen molar-refractivity contribution in [1.82, 2.24) is 0 Å². The zero-order valence-electron chi connectivity index (χ0n) is 12.5. The number of benzene rings is 2. The number of carbonyl (C=O) groups excluding carboxylic acids is 1. The molecule has 0 saturated carbocycles. The third-order valence-corrected chi connectivity index (χ3v) is 3.06. The highest BCUT2D eigenvalue weighted by Gasteiger charge is 2.04. The third-order valence-electron chi connectivity index (χ3n) is 3.06. The SMILES string of the molecule is Cc1cc(C(=O)O)ccc1N=Cc1ccc(OCC(N)=O)cc1. The van der Waals surface area contributed by atoms with Crippen molar-refractivity contribution in [2.45, 2.75) is 6.92 Å². The zero-order chi connectivity index (χ0) is 16.8. The molecule has 6 heteroatoms. The lowest BCUT2D eigenvalue weighted by atomic mass is 10.1. The molecule has 1 amide bonds. The van der Waals surface area contributed by atoms with E-state index in [0.717, 1.165) is 11.1 Å². The number of primary amides is 1. The van der Waals surface area contributed by atoms with Crippen LogP contribution < -0.4 is 10.5 Å². The van der Waals surface area contributed by atoms with Crippen molar-refractivity contribution in [1.29, 1.82) is 0 Å². The molecule has 0 spiro atoms. The second kappa shape index (κ2) is 7.22. The van der Waals surface area contributed by atoms with Crippen LogP contribution in [0.5, 0.6) is 5.75 Å². The van der Waals surface area contributed by atoms with Crippen LogP contribution in [-0.2, 0) is 4.79 Å². The predicted octanol–water partition coefficient (Wildman–Crippen LogP) is 2.31. The molecule has 2 aromatic rings. The number of aliphatic imine (C=N–C) groups is 1. The van der Waals surface area contributed by atoms with Gasteiger partial charge in [0, 0.05) is 6.21 Å². The lowest BCUT2D eigenvalue weighted by Crippen LogP contribution is -2.19. The summed E-state index contributed by atoms with van der Waals surface area (Å²) in [5.41, 5.74) is 7.56. The molecule has 0 fully saturated rings. The summed E-state index contributed by atoms with van der Waals surface area (Å²) in [6.45, 7) is 1.64. The van der Waals surface area contributed by atoms with Crippen LogP contribution in [0.2, 0.25) is 0 Å². The minimum absolute atomic E-state index is 0.164. The van der Waals surface area contributed by atoms with Crippen LogP contribution in [0.3, 0.4) is 0 Å². The van der Waals surface area contributed by atoms with Crippen molar-refractivity contribution >= 4 is 23.8 Å². The lowest BCUT2D eigenvalue weighted by Gasteiger charge is -2.04. The van der Waals surface area contributed by atoms with Gasteiger partial charge in [-0.1, -0.05) is 0 Å². The Morgan fingerprint density at radius 1 is 1.22 bits per heavy atom. The first-order valence-corrected chi connectivity index (χ1v) is 6.85. The summed E-state index contributed by atoms with van der Waals surface area (Å²) < 4.78 is 5.17. The molecule has 2 aromatic carbocycles. The maximum Gasteiger partial charge on any atom is 0.335 e. The minimum atomic E-state index is -0.963. The number of nitrogens with zero attached hydrogens (tertiary/aromatic N) is 1. The molecule has 0 aliphatic carbocycles. The Morgan fingerprint density at radius 3 is 2.48 bits per heavy atom. The summed E-state index contributed by atoms with van der Waals surface area (Å²) >= 11 is 0. The first kappa shape index (κ1) is 16.2. The van der Waals surface area contributed by atoms with E-state index in [4.69, 9.17) is 15.6 Å². The average Bonchev–Trinajstić information content (AvgIpc) is 2.52. The van der Waals surface area contributed by atoms with Gasteiger partial charge in [-0.25, -0.2) is 4.79 Å². The number of amides is 1. The molecule has 0 saturated heterocycles. The molecule has 23 heavy (non-hydrogen) atoms. The monoisotopic (exact) mass is 312 g/mol. The quantitative estimate of drug-likeness (QED) is 0.799. The summed E-state index contributed by atoms with van der Waals surface area (Å²) in [4.78, 5) is 25.9. The lowest BCUT2D eigenvalue weighted by molar-refractivity contribution is -0.119. The van der Waals surface area contributed by atoms with Crippen molar-refractivity contribution in [3.8, 4) is 5.75 Å². The van der Waals surface area contributed by atoms with Crippen LogP contribution in [0, 0.1) is 6.92 Å². The van der Waals surface area contributed by atoms with E-state index in [1.807, 2.05) is 0 Å². The minimum Gasteiger partial charge on any atom is -0.484 e. The number of nitrogens with two attached hydrogens (primary N) is 1. The van der Waals surface area contributed by atoms with E-state index >= 15 is 0 Å². The summed E-state index contributed by atoms with van der Waals surface area (Å²) in [7, 11) is 0. The molecule has 2 rings (SSSR count). The molecule has 0 heterocycles. The van der Waals surface area contributed by atoms with E-state index < -0.39 is 11.9 Å². The number of carboxylic acids is 1. The van der Waals surface area contributed by atoms with Crippen molar-refractivity contribution in [3.63, 3.8) is 0 Å². The highest BCUT2D eigenvalue weighted by molar-refractivity contribution is 5.89. The maximum absolute atomic E-state index is 10.9. The Balaban J connectivity index is 2.08. The second-order valence-electron chi connectivity index (χ2n) is 4.89. The molecular weight excluding hydrogens is 296 g/mol. The first-order valence-electron chi connectivity index (χ1n) is 6.85. The Morgan fingerprint density at radius 2 is 1.91 bits per heavy atom. The van der Waals surface area contributed by atoms with Crippen LogP contribution in [0.25, 0.3) is 0 Å². The number of carboxylic acid groups (broad SMARTS) is 1. The van der Waals surface area contributed by atoms with E-state index in [1.54, 1.807) is 49.5 Å². The van der Waals surface area contributed by atoms with E-state index in [-0.39, 0.29) is 12.2 Å². The van der Waals surface area contributed by atoms with E-state index in [9.17, 15) is 9.59 Å². The molecular formula is C17H16N2O4. The molecule has 0 radical (unpaired) electrons. The van der Waals surface area contributed by atoms with Gasteiger partial charge in [0.1, 0.15) is 5.75 Å². The first-order chi connectivity index (χ1) is 11.0. The normalized spacial score (nSPS) is 10.7. The number of hydrogen-bond acceptors (Lipinski definition) is 4. The van der Waals surface area contributed by atoms with Crippen LogP contribution in [0.1, 0.15) is 21.5 Å². The molecule has 0 aliphatic heterocycles. The van der Waals surface area contributed by atoms with Gasteiger partial charge in [-0.3, -0.25) is 9.79 Å². The number of carbonyl (C=O) groups is 2. The van der Waals surface area contributed by atoms with E-state index in [2.05, 4.69) is 4.99 Å². The zero-order valence-corrected chi connectivity index (χ0v) is 12.5. The van der Waals surface area contributed by atoms with Crippen LogP contribution in [0.15, 0.2) is 47.5 Å². The second-order valence-corrected chi connectivity index (χ2v) is 4.89. The van der Waals surface area contributed by atoms with E-state index in [0.29, 0.717) is 11.4 Å². The van der Waals surface area contributed by atoms with E-state index in [1.165, 1.54) is 6.07 Å². The largest absolute Gasteiger partial charge is 0.484 e. The Bertz CT molecular complexity index is 752. The van der Waals surface area contributed by atoms with Gasteiger partial charge in [-0.2, -0.15) is 0 Å². The molecule has 118 valence electrons. The number of aryl methyl sites for hydroxylation is 1. The highest BCUT2D eigenvalue weighted by Crippen LogP contribution is 2.20. The molecule has 0 bridgehead atoms. The molecule has 0 atom stereocenters. The molecule has 3 N–H and O–H groups in total. The Kier molecular flexibility index (Phi) is 5.09. The fourth-order valence-corrected chi connectivity index (χ4v) is 1.88. The molecule has 0 unspecified atom stereocenters. The van der Waals surface area contributed by atoms with Crippen LogP contribution in [0.4, 0.5) is 5.69 Å².